The molecule has 5 atom stereocenters. The second kappa shape index (κ2) is 5.13. The minimum atomic E-state index is -2.17. The van der Waals surface area contributed by atoms with Crippen LogP contribution in [0.4, 0.5) is 5.82 Å². The minimum absolute atomic E-state index is 0.0172. The summed E-state index contributed by atoms with van der Waals surface area (Å²) in [6, 6.07) is 1.41. The molecule has 1 unspecified atom stereocenters. The number of hydrogen-bond donors (Lipinski definition) is 4. The number of terminal acetylenes is 1. The molecule has 0 bridgehead atoms. The van der Waals surface area contributed by atoms with Crippen molar-refractivity contribution in [2.24, 2.45) is 0 Å². The van der Waals surface area contributed by atoms with Crippen LogP contribution in [0.25, 0.3) is 0 Å². The summed E-state index contributed by atoms with van der Waals surface area (Å²) in [5.41, 5.74) is 2.88. The normalized spacial score (nSPS) is 33.6. The van der Waals surface area contributed by atoms with Crippen LogP contribution in [-0.4, -0.2) is 48.8 Å². The van der Waals surface area contributed by atoms with Crippen LogP contribution in [0.3, 0.4) is 0 Å². The van der Waals surface area contributed by atoms with Crippen LogP contribution < -0.4 is 11.4 Å². The van der Waals surface area contributed by atoms with Gasteiger partial charge < -0.3 is 25.8 Å². The molecule has 8 heteroatoms. The SMILES string of the molecule is C#CC1(O)[C@@H](O)[C@@H]([C@@H](C)O)O[C@H]1n1c(C)cc(N)nc1=O. The summed E-state index contributed by atoms with van der Waals surface area (Å²) < 4.78 is 6.42. The number of anilines is 1. The summed E-state index contributed by atoms with van der Waals surface area (Å²) in [5, 5.41) is 30.2. The third kappa shape index (κ3) is 2.30. The van der Waals surface area contributed by atoms with Gasteiger partial charge in [-0.3, -0.25) is 4.57 Å². The van der Waals surface area contributed by atoms with Gasteiger partial charge in [0.05, 0.1) is 6.10 Å². The maximum absolute atomic E-state index is 12.0. The Kier molecular flexibility index (Phi) is 3.78. The third-order valence-corrected chi connectivity index (χ3v) is 3.53. The van der Waals surface area contributed by atoms with E-state index in [-0.39, 0.29) is 5.82 Å². The van der Waals surface area contributed by atoms with Gasteiger partial charge in [-0.05, 0) is 19.9 Å². The highest BCUT2D eigenvalue weighted by molar-refractivity contribution is 5.29. The average Bonchev–Trinajstić information content (AvgIpc) is 2.63. The first kappa shape index (κ1) is 15.5. The lowest BCUT2D eigenvalue weighted by molar-refractivity contribution is -0.0891. The summed E-state index contributed by atoms with van der Waals surface area (Å²) in [6.45, 7) is 2.94. The topological polar surface area (TPSA) is 131 Å². The standard InChI is InChI=1S/C13H17N3O5/c1-4-13(20)10(18)9(7(3)17)21-11(13)16-6(2)5-8(14)15-12(16)19/h1,5,7,9-11,17-18,20H,2-3H3,(H2,14,15,19)/t7-,9-,10+,11-,13?/m1/s1. The zero-order valence-electron chi connectivity index (χ0n) is 11.6. The van der Waals surface area contributed by atoms with Gasteiger partial charge in [-0.15, -0.1) is 6.42 Å². The Labute approximate surface area is 120 Å². The van der Waals surface area contributed by atoms with Crippen LogP contribution in [0.2, 0.25) is 0 Å². The molecule has 1 aliphatic heterocycles. The maximum Gasteiger partial charge on any atom is 0.351 e. The van der Waals surface area contributed by atoms with Gasteiger partial charge in [-0.1, -0.05) is 5.92 Å². The van der Waals surface area contributed by atoms with E-state index in [1.165, 1.54) is 13.0 Å². The molecule has 8 nitrogen and oxygen atoms in total. The van der Waals surface area contributed by atoms with E-state index in [2.05, 4.69) is 4.98 Å². The van der Waals surface area contributed by atoms with Crippen molar-refractivity contribution in [1.82, 2.24) is 9.55 Å². The number of nitrogens with two attached hydrogens (primary N) is 1. The van der Waals surface area contributed by atoms with Crippen molar-refractivity contribution >= 4 is 5.82 Å². The predicted molar refractivity (Wildman–Crippen MR) is 73.0 cm³/mol. The number of ether oxygens (including phenoxy) is 1. The molecule has 0 amide bonds. The van der Waals surface area contributed by atoms with Crippen LogP contribution >= 0.6 is 0 Å². The lowest BCUT2D eigenvalue weighted by atomic mass is 9.93. The first-order valence-electron chi connectivity index (χ1n) is 6.29. The van der Waals surface area contributed by atoms with E-state index in [1.54, 1.807) is 6.92 Å². The molecule has 21 heavy (non-hydrogen) atoms. The van der Waals surface area contributed by atoms with E-state index in [0.29, 0.717) is 5.69 Å². The Balaban J connectivity index is 2.59. The number of aliphatic hydroxyl groups is 3. The van der Waals surface area contributed by atoms with Gasteiger partial charge in [0.15, 0.2) is 11.8 Å². The second-order valence-corrected chi connectivity index (χ2v) is 5.08. The zero-order valence-corrected chi connectivity index (χ0v) is 11.6. The van der Waals surface area contributed by atoms with Crippen molar-refractivity contribution in [3.8, 4) is 12.3 Å². The summed E-state index contributed by atoms with van der Waals surface area (Å²) in [4.78, 5) is 15.6. The van der Waals surface area contributed by atoms with E-state index in [1.807, 2.05) is 5.92 Å². The largest absolute Gasteiger partial charge is 0.391 e. The first-order valence-corrected chi connectivity index (χ1v) is 6.29. The second-order valence-electron chi connectivity index (χ2n) is 5.08. The molecule has 1 saturated heterocycles. The van der Waals surface area contributed by atoms with Gasteiger partial charge >= 0.3 is 5.69 Å². The molecule has 0 spiro atoms. The summed E-state index contributed by atoms with van der Waals surface area (Å²) >= 11 is 0. The monoisotopic (exact) mass is 295 g/mol. The highest BCUT2D eigenvalue weighted by Crippen LogP contribution is 2.39. The Morgan fingerprint density at radius 3 is 2.76 bits per heavy atom. The highest BCUT2D eigenvalue weighted by atomic mass is 16.6. The molecular weight excluding hydrogens is 278 g/mol. The van der Waals surface area contributed by atoms with Crippen LogP contribution in [0.1, 0.15) is 18.8 Å². The van der Waals surface area contributed by atoms with Crippen LogP contribution in [0, 0.1) is 19.3 Å². The van der Waals surface area contributed by atoms with E-state index in [0.717, 1.165) is 4.57 Å². The predicted octanol–water partition coefficient (Wildman–Crippen LogP) is -1.86. The summed E-state index contributed by atoms with van der Waals surface area (Å²) in [5.74, 6) is 2.06. The minimum Gasteiger partial charge on any atom is -0.391 e. The molecule has 0 saturated carbocycles. The number of aromatic nitrogens is 2. The highest BCUT2D eigenvalue weighted by Gasteiger charge is 2.57. The van der Waals surface area contributed by atoms with Gasteiger partial charge in [-0.25, -0.2) is 4.79 Å². The molecular formula is C13H17N3O5. The number of hydrogen-bond acceptors (Lipinski definition) is 7. The van der Waals surface area contributed by atoms with Gasteiger partial charge in [0.2, 0.25) is 0 Å². The van der Waals surface area contributed by atoms with E-state index in [4.69, 9.17) is 16.9 Å². The fraction of sp³-hybridized carbons (Fsp3) is 0.538. The molecule has 2 heterocycles. The van der Waals surface area contributed by atoms with Crippen molar-refractivity contribution in [3.05, 3.63) is 22.2 Å². The Morgan fingerprint density at radius 2 is 2.29 bits per heavy atom. The fourth-order valence-corrected chi connectivity index (χ4v) is 2.43. The smallest absolute Gasteiger partial charge is 0.351 e. The molecule has 0 aliphatic carbocycles. The van der Waals surface area contributed by atoms with Crippen LogP contribution in [0.15, 0.2) is 10.9 Å². The van der Waals surface area contributed by atoms with Crippen molar-refractivity contribution < 1.29 is 20.1 Å². The van der Waals surface area contributed by atoms with Gasteiger partial charge in [0, 0.05) is 5.69 Å². The van der Waals surface area contributed by atoms with Crippen molar-refractivity contribution in [3.63, 3.8) is 0 Å². The molecule has 1 aromatic heterocycles. The maximum atomic E-state index is 12.0. The van der Waals surface area contributed by atoms with Crippen LogP contribution in [0.5, 0.6) is 0 Å². The number of nitrogens with zero attached hydrogens (tertiary/aromatic N) is 2. The lowest BCUT2D eigenvalue weighted by Gasteiger charge is -2.27. The van der Waals surface area contributed by atoms with Gasteiger partial charge in [-0.2, -0.15) is 4.98 Å². The van der Waals surface area contributed by atoms with Gasteiger partial charge in [0.1, 0.15) is 18.0 Å². The molecule has 2 rings (SSSR count). The number of aliphatic hydroxyl groups excluding tert-OH is 2. The molecule has 114 valence electrons. The lowest BCUT2D eigenvalue weighted by Crippen LogP contribution is -2.49. The molecule has 0 aromatic carbocycles. The fourth-order valence-electron chi connectivity index (χ4n) is 2.43. The summed E-state index contributed by atoms with van der Waals surface area (Å²) in [6.07, 6.45) is 0.127. The van der Waals surface area contributed by atoms with Crippen LogP contribution in [-0.2, 0) is 4.74 Å². The summed E-state index contributed by atoms with van der Waals surface area (Å²) in [7, 11) is 0. The quantitative estimate of drug-likeness (QED) is 0.470. The first-order chi connectivity index (χ1) is 9.72. The number of rotatable bonds is 2. The van der Waals surface area contributed by atoms with Crippen molar-refractivity contribution in [1.29, 1.82) is 0 Å². The molecule has 1 fully saturated rings. The molecule has 1 aliphatic rings. The molecule has 1 aromatic rings. The Morgan fingerprint density at radius 1 is 1.67 bits per heavy atom. The molecule has 0 radical (unpaired) electrons. The third-order valence-electron chi connectivity index (χ3n) is 3.53. The zero-order chi connectivity index (χ0) is 15.9. The van der Waals surface area contributed by atoms with Gasteiger partial charge in [0.25, 0.3) is 0 Å². The Bertz CT molecular complexity index is 650. The van der Waals surface area contributed by atoms with E-state index >= 15 is 0 Å². The van der Waals surface area contributed by atoms with E-state index < -0.39 is 35.8 Å². The van der Waals surface area contributed by atoms with E-state index in [9.17, 15) is 20.1 Å². The number of aryl methyl sites for hydroxylation is 1. The number of nitrogen functional groups attached to an aromatic ring is 1. The average molecular weight is 295 g/mol. The molecule has 5 N–H and O–H groups in total. The van der Waals surface area contributed by atoms with Crippen molar-refractivity contribution in [2.75, 3.05) is 5.73 Å². The van der Waals surface area contributed by atoms with Crippen molar-refractivity contribution in [2.45, 2.75) is 44.0 Å². The Hall–Kier alpha value is -1.92.